The molecule has 2 N–H and O–H groups in total. The van der Waals surface area contributed by atoms with Crippen LogP contribution in [0.4, 0.5) is 10.1 Å². The van der Waals surface area contributed by atoms with Crippen LogP contribution >= 0.6 is 24.0 Å². The largest absolute Gasteiger partial charge is 0.481 e. The van der Waals surface area contributed by atoms with Crippen molar-refractivity contribution in [2.24, 2.45) is 17.8 Å². The Morgan fingerprint density at radius 3 is 2.43 bits per heavy atom. The number of aromatic nitrogens is 2. The molecule has 1 aromatic heterocycles. The minimum absolute atomic E-state index is 0. The van der Waals surface area contributed by atoms with Crippen LogP contribution in [0.2, 0.25) is 0 Å². The van der Waals surface area contributed by atoms with Crippen LogP contribution in [-0.4, -0.2) is 53.9 Å². The number of ether oxygens (including phenoxy) is 1. The molecule has 1 fully saturated rings. The van der Waals surface area contributed by atoms with Crippen molar-refractivity contribution in [3.05, 3.63) is 41.3 Å². The van der Waals surface area contributed by atoms with Crippen molar-refractivity contribution in [1.82, 2.24) is 14.7 Å². The van der Waals surface area contributed by atoms with E-state index in [0.29, 0.717) is 12.5 Å². The molecule has 2 aromatic rings. The molecule has 9 heteroatoms. The molecular formula is C19H28FIN6O. The summed E-state index contributed by atoms with van der Waals surface area (Å²) in [6, 6.07) is 6.60. The van der Waals surface area contributed by atoms with Crippen molar-refractivity contribution in [2.75, 3.05) is 38.2 Å². The highest BCUT2D eigenvalue weighted by Gasteiger charge is 2.20. The summed E-state index contributed by atoms with van der Waals surface area (Å²) in [6.07, 6.45) is 0.818. The highest BCUT2D eigenvalue weighted by atomic mass is 127. The highest BCUT2D eigenvalue weighted by molar-refractivity contribution is 14.0. The number of aryl methyl sites for hydroxylation is 2. The topological polar surface area (TPSA) is 71.9 Å². The minimum atomic E-state index is -0.217. The van der Waals surface area contributed by atoms with Gasteiger partial charge in [0.2, 0.25) is 5.88 Å². The molecule has 0 atom stereocenters. The lowest BCUT2D eigenvalue weighted by Gasteiger charge is -2.36. The Morgan fingerprint density at radius 1 is 1.21 bits per heavy atom. The van der Waals surface area contributed by atoms with Gasteiger partial charge >= 0.3 is 0 Å². The highest BCUT2D eigenvalue weighted by Crippen LogP contribution is 2.23. The maximum Gasteiger partial charge on any atom is 0.216 e. The fourth-order valence-electron chi connectivity index (χ4n) is 3.41. The van der Waals surface area contributed by atoms with Crippen molar-refractivity contribution in [1.29, 1.82) is 0 Å². The van der Waals surface area contributed by atoms with E-state index in [1.165, 1.54) is 12.1 Å². The molecule has 3 rings (SSSR count). The predicted molar refractivity (Wildman–Crippen MR) is 120 cm³/mol. The van der Waals surface area contributed by atoms with Crippen molar-refractivity contribution in [3.63, 3.8) is 0 Å². The Labute approximate surface area is 182 Å². The summed E-state index contributed by atoms with van der Waals surface area (Å²) in [7, 11) is 3.50. The third kappa shape index (κ3) is 4.86. The third-order valence-electron chi connectivity index (χ3n) is 4.89. The van der Waals surface area contributed by atoms with E-state index < -0.39 is 0 Å². The number of benzene rings is 1. The lowest BCUT2D eigenvalue weighted by atomic mass is 10.2. The van der Waals surface area contributed by atoms with E-state index in [4.69, 9.17) is 10.5 Å². The van der Waals surface area contributed by atoms with E-state index in [1.807, 2.05) is 19.2 Å². The molecule has 7 nitrogen and oxygen atoms in total. The molecule has 0 saturated carbocycles. The average molecular weight is 502 g/mol. The molecule has 1 saturated heterocycles. The monoisotopic (exact) mass is 502 g/mol. The number of rotatable bonds is 5. The van der Waals surface area contributed by atoms with E-state index >= 15 is 0 Å². The van der Waals surface area contributed by atoms with E-state index in [1.54, 1.807) is 11.8 Å². The van der Waals surface area contributed by atoms with Crippen LogP contribution in [0.15, 0.2) is 29.3 Å². The fraction of sp³-hybridized carbons (Fsp3) is 0.474. The summed E-state index contributed by atoms with van der Waals surface area (Å²) in [5, 5.41) is 4.47. The number of piperazine rings is 1. The van der Waals surface area contributed by atoms with Crippen LogP contribution in [0.3, 0.4) is 0 Å². The Kier molecular flexibility index (Phi) is 7.90. The summed E-state index contributed by atoms with van der Waals surface area (Å²) in [6.45, 7) is 5.70. The van der Waals surface area contributed by atoms with Crippen molar-refractivity contribution < 1.29 is 9.13 Å². The number of anilines is 1. The number of hydrogen-bond donors (Lipinski definition) is 1. The van der Waals surface area contributed by atoms with Gasteiger partial charge in [-0.05, 0) is 30.7 Å². The summed E-state index contributed by atoms with van der Waals surface area (Å²) >= 11 is 0. The maximum absolute atomic E-state index is 13.1. The van der Waals surface area contributed by atoms with E-state index in [2.05, 4.69) is 26.8 Å². The van der Waals surface area contributed by atoms with Gasteiger partial charge in [-0.3, -0.25) is 0 Å². The number of guanidine groups is 1. The van der Waals surface area contributed by atoms with Gasteiger partial charge in [-0.2, -0.15) is 5.10 Å². The van der Waals surface area contributed by atoms with Gasteiger partial charge in [-0.15, -0.1) is 24.0 Å². The molecule has 0 unspecified atom stereocenters. The molecule has 0 aliphatic carbocycles. The summed E-state index contributed by atoms with van der Waals surface area (Å²) in [4.78, 5) is 8.88. The molecule has 0 amide bonds. The first kappa shape index (κ1) is 22.3. The predicted octanol–water partition coefficient (Wildman–Crippen LogP) is 2.39. The number of halogens is 2. The molecule has 0 bridgehead atoms. The van der Waals surface area contributed by atoms with Crippen LogP contribution in [-0.2, 0) is 20.0 Å². The molecule has 2 heterocycles. The summed E-state index contributed by atoms with van der Waals surface area (Å²) in [5.41, 5.74) is 9.22. The lowest BCUT2D eigenvalue weighted by Crippen LogP contribution is -2.51. The first-order chi connectivity index (χ1) is 13.0. The minimum Gasteiger partial charge on any atom is -0.481 e. The Hall–Kier alpha value is -2.04. The number of hydrogen-bond acceptors (Lipinski definition) is 4. The molecule has 1 aliphatic rings. The molecule has 1 aromatic carbocycles. The number of methoxy groups -OCH3 is 1. The smallest absolute Gasteiger partial charge is 0.216 e. The van der Waals surface area contributed by atoms with Gasteiger partial charge in [0.05, 0.1) is 24.9 Å². The molecule has 154 valence electrons. The van der Waals surface area contributed by atoms with Crippen molar-refractivity contribution in [2.45, 2.75) is 19.9 Å². The van der Waals surface area contributed by atoms with Gasteiger partial charge in [-0.25, -0.2) is 14.1 Å². The second-order valence-corrected chi connectivity index (χ2v) is 6.54. The van der Waals surface area contributed by atoms with Crippen LogP contribution < -0.4 is 15.4 Å². The van der Waals surface area contributed by atoms with E-state index in [9.17, 15) is 4.39 Å². The quantitative estimate of drug-likeness (QED) is 0.387. The van der Waals surface area contributed by atoms with Crippen LogP contribution in [0.5, 0.6) is 5.88 Å². The van der Waals surface area contributed by atoms with Crippen molar-refractivity contribution in [3.8, 4) is 5.88 Å². The van der Waals surface area contributed by atoms with Crippen LogP contribution in [0.25, 0.3) is 0 Å². The van der Waals surface area contributed by atoms with Gasteiger partial charge < -0.3 is 20.3 Å². The molecular weight excluding hydrogens is 474 g/mol. The van der Waals surface area contributed by atoms with E-state index in [0.717, 1.165) is 55.4 Å². The molecule has 0 radical (unpaired) electrons. The molecule has 0 spiro atoms. The van der Waals surface area contributed by atoms with Gasteiger partial charge in [0, 0.05) is 38.9 Å². The number of nitrogens with zero attached hydrogens (tertiary/aromatic N) is 5. The molecule has 1 aliphatic heterocycles. The standard InChI is InChI=1S/C19H27FN6O.HI/c1-4-17-16(18(27-3)24(2)23-17)13-22-19(21)26-11-9-25(10-12-26)15-7-5-14(20)6-8-15;/h5-8H,4,9-13H2,1-3H3,(H2,21,22);1H. The van der Waals surface area contributed by atoms with Gasteiger partial charge in [0.1, 0.15) is 5.82 Å². The number of nitrogens with two attached hydrogens (primary N) is 1. The summed E-state index contributed by atoms with van der Waals surface area (Å²) in [5.74, 6) is 1.04. The Bertz CT molecular complexity index is 800. The lowest BCUT2D eigenvalue weighted by molar-refractivity contribution is 0.368. The zero-order chi connectivity index (χ0) is 19.4. The van der Waals surface area contributed by atoms with Gasteiger partial charge in [0.25, 0.3) is 0 Å². The summed E-state index contributed by atoms with van der Waals surface area (Å²) < 4.78 is 20.3. The zero-order valence-corrected chi connectivity index (χ0v) is 18.9. The van der Waals surface area contributed by atoms with Crippen molar-refractivity contribution >= 4 is 35.6 Å². The van der Waals surface area contributed by atoms with E-state index in [-0.39, 0.29) is 29.8 Å². The normalized spacial score (nSPS) is 14.8. The first-order valence-corrected chi connectivity index (χ1v) is 9.17. The van der Waals surface area contributed by atoms with Gasteiger partial charge in [-0.1, -0.05) is 6.92 Å². The zero-order valence-electron chi connectivity index (χ0n) is 16.6. The van der Waals surface area contributed by atoms with Crippen LogP contribution in [0.1, 0.15) is 18.2 Å². The maximum atomic E-state index is 13.1. The second kappa shape index (κ2) is 9.94. The third-order valence-corrected chi connectivity index (χ3v) is 4.89. The Morgan fingerprint density at radius 2 is 1.86 bits per heavy atom. The fourth-order valence-corrected chi connectivity index (χ4v) is 3.41. The first-order valence-electron chi connectivity index (χ1n) is 9.17. The second-order valence-electron chi connectivity index (χ2n) is 6.54. The average Bonchev–Trinajstić information content (AvgIpc) is 3.01. The van der Waals surface area contributed by atoms with Crippen LogP contribution in [0, 0.1) is 5.82 Å². The number of aliphatic imine (C=N–C) groups is 1. The van der Waals surface area contributed by atoms with Gasteiger partial charge in [0.15, 0.2) is 5.96 Å². The molecule has 28 heavy (non-hydrogen) atoms. The SMILES string of the molecule is CCc1nn(C)c(OC)c1CN=C(N)N1CCN(c2ccc(F)cc2)CC1.I. The Balaban J connectivity index is 0.00000280.